The Bertz CT molecular complexity index is 715. The fraction of sp³-hybridized carbons (Fsp3) is 0.444. The molecular weight excluding hydrogens is 336 g/mol. The molecule has 1 unspecified atom stereocenters. The average Bonchev–Trinajstić information content (AvgIpc) is 3.18. The van der Waals surface area contributed by atoms with Crippen molar-refractivity contribution in [2.75, 3.05) is 11.4 Å². The van der Waals surface area contributed by atoms with Crippen molar-refractivity contribution in [2.24, 2.45) is 0 Å². The second kappa shape index (κ2) is 7.55. The first-order valence-electron chi connectivity index (χ1n) is 8.77. The molecule has 6 amide bonds. The maximum absolute atomic E-state index is 12.6. The zero-order valence-corrected chi connectivity index (χ0v) is 14.6. The van der Waals surface area contributed by atoms with Gasteiger partial charge in [-0.05, 0) is 31.9 Å². The van der Waals surface area contributed by atoms with Crippen LogP contribution in [-0.2, 0) is 9.59 Å². The van der Waals surface area contributed by atoms with Gasteiger partial charge in [-0.2, -0.15) is 0 Å². The number of carbonyl (C=O) groups is 4. The third kappa shape index (κ3) is 3.68. The van der Waals surface area contributed by atoms with Crippen LogP contribution in [0.4, 0.5) is 15.3 Å². The van der Waals surface area contributed by atoms with Crippen LogP contribution in [0.25, 0.3) is 0 Å². The summed E-state index contributed by atoms with van der Waals surface area (Å²) >= 11 is 0. The van der Waals surface area contributed by atoms with Crippen LogP contribution in [0.1, 0.15) is 32.6 Å². The summed E-state index contributed by atoms with van der Waals surface area (Å²) in [5.41, 5.74) is 0.584. The largest absolute Gasteiger partial charge is 0.335 e. The molecule has 8 heteroatoms. The molecule has 1 heterocycles. The van der Waals surface area contributed by atoms with Gasteiger partial charge < -0.3 is 5.32 Å². The van der Waals surface area contributed by atoms with Crippen LogP contribution < -0.4 is 15.5 Å². The first-order chi connectivity index (χ1) is 12.5. The molecule has 0 bridgehead atoms. The molecule has 1 aliphatic carbocycles. The highest BCUT2D eigenvalue weighted by Crippen LogP contribution is 2.25. The lowest BCUT2D eigenvalue weighted by molar-refractivity contribution is -0.131. The van der Waals surface area contributed by atoms with Gasteiger partial charge in [-0.1, -0.05) is 31.0 Å². The van der Waals surface area contributed by atoms with E-state index in [1.54, 1.807) is 31.2 Å². The fourth-order valence-corrected chi connectivity index (χ4v) is 3.40. The number of anilines is 1. The van der Waals surface area contributed by atoms with E-state index >= 15 is 0 Å². The van der Waals surface area contributed by atoms with E-state index < -0.39 is 36.5 Å². The minimum Gasteiger partial charge on any atom is -0.335 e. The molecule has 2 aliphatic rings. The maximum Gasteiger partial charge on any atom is 0.332 e. The molecule has 1 saturated heterocycles. The Morgan fingerprint density at radius 2 is 1.77 bits per heavy atom. The molecule has 1 saturated carbocycles. The monoisotopic (exact) mass is 358 g/mol. The summed E-state index contributed by atoms with van der Waals surface area (Å²) < 4.78 is 0. The molecule has 1 aromatic rings. The van der Waals surface area contributed by atoms with Crippen LogP contribution in [0, 0.1) is 0 Å². The SMILES string of the molecule is CC1C(=O)N(CC(=O)NC(=O)NC2CCCC2)C(=O)N1c1ccccc1. The number of urea groups is 2. The molecule has 1 aromatic carbocycles. The van der Waals surface area contributed by atoms with E-state index in [-0.39, 0.29) is 6.04 Å². The number of imide groups is 2. The molecule has 1 atom stereocenters. The summed E-state index contributed by atoms with van der Waals surface area (Å²) in [5, 5.41) is 4.92. The van der Waals surface area contributed by atoms with E-state index in [0.29, 0.717) is 5.69 Å². The lowest BCUT2D eigenvalue weighted by atomic mass is 10.2. The van der Waals surface area contributed by atoms with Crippen LogP contribution >= 0.6 is 0 Å². The summed E-state index contributed by atoms with van der Waals surface area (Å²) in [5.74, 6) is -1.16. The molecule has 2 fully saturated rings. The minimum atomic E-state index is -0.704. The van der Waals surface area contributed by atoms with E-state index in [0.717, 1.165) is 30.6 Å². The molecule has 1 aliphatic heterocycles. The topological polar surface area (TPSA) is 98.8 Å². The van der Waals surface area contributed by atoms with Gasteiger partial charge in [0.15, 0.2) is 0 Å². The van der Waals surface area contributed by atoms with E-state index in [4.69, 9.17) is 0 Å². The summed E-state index contributed by atoms with van der Waals surface area (Å²) in [4.78, 5) is 51.1. The number of benzene rings is 1. The van der Waals surface area contributed by atoms with Gasteiger partial charge in [-0.25, -0.2) is 9.59 Å². The van der Waals surface area contributed by atoms with E-state index in [2.05, 4.69) is 10.6 Å². The second-order valence-electron chi connectivity index (χ2n) is 6.59. The molecule has 2 N–H and O–H groups in total. The van der Waals surface area contributed by atoms with E-state index in [1.165, 1.54) is 4.90 Å². The van der Waals surface area contributed by atoms with Crippen molar-refractivity contribution in [3.8, 4) is 0 Å². The Morgan fingerprint density at radius 1 is 1.12 bits per heavy atom. The quantitative estimate of drug-likeness (QED) is 0.799. The fourth-order valence-electron chi connectivity index (χ4n) is 3.40. The van der Waals surface area contributed by atoms with Gasteiger partial charge in [0.1, 0.15) is 12.6 Å². The van der Waals surface area contributed by atoms with Crippen LogP contribution in [0.15, 0.2) is 30.3 Å². The van der Waals surface area contributed by atoms with E-state index in [9.17, 15) is 19.2 Å². The highest BCUT2D eigenvalue weighted by Gasteiger charge is 2.44. The first-order valence-corrected chi connectivity index (χ1v) is 8.77. The highest BCUT2D eigenvalue weighted by molar-refractivity contribution is 6.15. The van der Waals surface area contributed by atoms with Gasteiger partial charge in [0, 0.05) is 11.7 Å². The number of carbonyl (C=O) groups excluding carboxylic acids is 4. The number of para-hydroxylation sites is 1. The smallest absolute Gasteiger partial charge is 0.332 e. The van der Waals surface area contributed by atoms with Crippen LogP contribution in [-0.4, -0.2) is 47.4 Å². The third-order valence-electron chi connectivity index (χ3n) is 4.73. The van der Waals surface area contributed by atoms with Crippen molar-refractivity contribution in [3.05, 3.63) is 30.3 Å². The molecule has 0 spiro atoms. The van der Waals surface area contributed by atoms with Crippen molar-refractivity contribution in [3.63, 3.8) is 0 Å². The number of rotatable bonds is 4. The summed E-state index contributed by atoms with van der Waals surface area (Å²) in [6.45, 7) is 1.13. The van der Waals surface area contributed by atoms with Crippen molar-refractivity contribution in [1.82, 2.24) is 15.5 Å². The zero-order chi connectivity index (χ0) is 18.7. The minimum absolute atomic E-state index is 0.0754. The van der Waals surface area contributed by atoms with Crippen LogP contribution in [0.2, 0.25) is 0 Å². The Morgan fingerprint density at radius 3 is 2.42 bits per heavy atom. The highest BCUT2D eigenvalue weighted by atomic mass is 16.2. The van der Waals surface area contributed by atoms with Crippen LogP contribution in [0.3, 0.4) is 0 Å². The van der Waals surface area contributed by atoms with Gasteiger partial charge in [0.25, 0.3) is 5.91 Å². The van der Waals surface area contributed by atoms with Gasteiger partial charge in [-0.15, -0.1) is 0 Å². The maximum atomic E-state index is 12.6. The number of nitrogens with zero attached hydrogens (tertiary/aromatic N) is 2. The summed E-state index contributed by atoms with van der Waals surface area (Å²) in [6.07, 6.45) is 3.91. The first kappa shape index (κ1) is 17.9. The van der Waals surface area contributed by atoms with Gasteiger partial charge in [0.2, 0.25) is 5.91 Å². The normalized spacial score (nSPS) is 20.6. The van der Waals surface area contributed by atoms with Crippen molar-refractivity contribution in [1.29, 1.82) is 0 Å². The third-order valence-corrected chi connectivity index (χ3v) is 4.73. The van der Waals surface area contributed by atoms with Crippen LogP contribution in [0.5, 0.6) is 0 Å². The molecule has 0 aromatic heterocycles. The lowest BCUT2D eigenvalue weighted by Gasteiger charge is -2.19. The van der Waals surface area contributed by atoms with Crippen molar-refractivity contribution in [2.45, 2.75) is 44.7 Å². The molecule has 0 radical (unpaired) electrons. The number of amides is 6. The predicted octanol–water partition coefficient (Wildman–Crippen LogP) is 1.61. The standard InChI is InChI=1S/C18H22N4O4/c1-12-16(24)21(18(26)22(12)14-9-3-2-4-10-14)11-15(23)20-17(25)19-13-7-5-6-8-13/h2-4,9-10,12-13H,5-8,11H2,1H3,(H2,19,20,23,25). The molecular formula is C18H22N4O4. The Balaban J connectivity index is 1.60. The average molecular weight is 358 g/mol. The van der Waals surface area contributed by atoms with Gasteiger partial charge in [0.05, 0.1) is 0 Å². The number of hydrogen-bond acceptors (Lipinski definition) is 4. The zero-order valence-electron chi connectivity index (χ0n) is 14.6. The summed E-state index contributed by atoms with van der Waals surface area (Å²) in [6, 6.07) is 7.00. The predicted molar refractivity (Wildman–Crippen MR) is 94.4 cm³/mol. The Labute approximate surface area is 151 Å². The number of hydrogen-bond donors (Lipinski definition) is 2. The second-order valence-corrected chi connectivity index (χ2v) is 6.59. The van der Waals surface area contributed by atoms with Gasteiger partial charge >= 0.3 is 12.1 Å². The van der Waals surface area contributed by atoms with Crippen molar-refractivity contribution >= 4 is 29.6 Å². The molecule has 26 heavy (non-hydrogen) atoms. The number of nitrogens with one attached hydrogen (secondary N) is 2. The van der Waals surface area contributed by atoms with E-state index in [1.807, 2.05) is 6.07 Å². The molecule has 8 nitrogen and oxygen atoms in total. The Hall–Kier alpha value is -2.90. The molecule has 3 rings (SSSR count). The summed E-state index contributed by atoms with van der Waals surface area (Å²) in [7, 11) is 0. The van der Waals surface area contributed by atoms with Gasteiger partial charge in [-0.3, -0.25) is 24.7 Å². The Kier molecular flexibility index (Phi) is 5.20. The lowest BCUT2D eigenvalue weighted by Crippen LogP contribution is -2.48. The van der Waals surface area contributed by atoms with Crippen molar-refractivity contribution < 1.29 is 19.2 Å². The molecule has 138 valence electrons.